The molecule has 2 N–H and O–H groups in total. The number of benzene rings is 2. The first-order valence-corrected chi connectivity index (χ1v) is 8.36. The van der Waals surface area contributed by atoms with E-state index >= 15 is 0 Å². The first-order chi connectivity index (χ1) is 11.7. The Morgan fingerprint density at radius 2 is 1.71 bits per heavy atom. The smallest absolute Gasteiger partial charge is 0.131 e. The van der Waals surface area contributed by atoms with Crippen LogP contribution in [0.4, 0.5) is 0 Å². The first-order valence-electron chi connectivity index (χ1n) is 8.36. The number of unbranched alkanes of at least 4 members (excludes halogenated alkanes) is 1. The Labute approximate surface area is 141 Å². The number of rotatable bonds is 3. The molecule has 0 fully saturated rings. The molecule has 2 aromatic rings. The summed E-state index contributed by atoms with van der Waals surface area (Å²) in [6, 6.07) is 10.5. The number of hydrogen-bond acceptors (Lipinski definition) is 4. The summed E-state index contributed by atoms with van der Waals surface area (Å²) < 4.78 is 12.1. The van der Waals surface area contributed by atoms with Crippen molar-refractivity contribution in [3.63, 3.8) is 0 Å². The third-order valence-electron chi connectivity index (χ3n) is 4.65. The molecule has 0 spiro atoms. The zero-order valence-corrected chi connectivity index (χ0v) is 13.6. The minimum Gasteiger partial charge on any atom is -0.508 e. The lowest BCUT2D eigenvalue weighted by Crippen LogP contribution is -2.28. The SMILES string of the molecule is CCCCC1Oc2cc(O)ccc2C2=C1c1ccc(O)cc1OC2. The van der Waals surface area contributed by atoms with Crippen LogP contribution in [0.25, 0.3) is 11.1 Å². The molecule has 24 heavy (non-hydrogen) atoms. The van der Waals surface area contributed by atoms with Gasteiger partial charge in [0.25, 0.3) is 0 Å². The molecule has 4 nitrogen and oxygen atoms in total. The predicted octanol–water partition coefficient (Wildman–Crippen LogP) is 4.35. The van der Waals surface area contributed by atoms with Crippen LogP contribution in [-0.2, 0) is 0 Å². The van der Waals surface area contributed by atoms with Gasteiger partial charge in [0.15, 0.2) is 0 Å². The molecule has 2 heterocycles. The number of aromatic hydroxyl groups is 2. The second-order valence-corrected chi connectivity index (χ2v) is 6.29. The molecule has 1 atom stereocenters. The second kappa shape index (κ2) is 5.78. The van der Waals surface area contributed by atoms with Crippen molar-refractivity contribution >= 4 is 11.1 Å². The third kappa shape index (κ3) is 2.39. The summed E-state index contributed by atoms with van der Waals surface area (Å²) in [4.78, 5) is 0. The van der Waals surface area contributed by atoms with Gasteiger partial charge in [-0.15, -0.1) is 0 Å². The van der Waals surface area contributed by atoms with Crippen LogP contribution in [0, 0.1) is 0 Å². The summed E-state index contributed by atoms with van der Waals surface area (Å²) in [5.41, 5.74) is 4.20. The second-order valence-electron chi connectivity index (χ2n) is 6.29. The third-order valence-corrected chi connectivity index (χ3v) is 4.65. The van der Waals surface area contributed by atoms with Gasteiger partial charge in [-0.3, -0.25) is 0 Å². The van der Waals surface area contributed by atoms with Crippen LogP contribution in [0.5, 0.6) is 23.0 Å². The van der Waals surface area contributed by atoms with Crippen LogP contribution in [0.15, 0.2) is 36.4 Å². The van der Waals surface area contributed by atoms with Crippen molar-refractivity contribution in [2.45, 2.75) is 32.3 Å². The van der Waals surface area contributed by atoms with Gasteiger partial charge < -0.3 is 19.7 Å². The van der Waals surface area contributed by atoms with Gasteiger partial charge >= 0.3 is 0 Å². The standard InChI is InChI=1S/C20H20O4/c1-2-3-4-17-20-15-8-6-12(21)9-18(15)23-11-16(20)14-7-5-13(22)10-19(14)24-17/h5-10,17,21-22H,2-4,11H2,1H3. The number of ether oxygens (including phenoxy) is 2. The van der Waals surface area contributed by atoms with E-state index in [-0.39, 0.29) is 17.6 Å². The van der Waals surface area contributed by atoms with Gasteiger partial charge in [0.1, 0.15) is 35.7 Å². The number of hydrogen-bond donors (Lipinski definition) is 2. The Morgan fingerprint density at radius 1 is 1.00 bits per heavy atom. The van der Waals surface area contributed by atoms with E-state index in [1.165, 1.54) is 0 Å². The van der Waals surface area contributed by atoms with Crippen LogP contribution in [0.2, 0.25) is 0 Å². The zero-order valence-electron chi connectivity index (χ0n) is 13.6. The highest BCUT2D eigenvalue weighted by atomic mass is 16.5. The molecule has 0 saturated heterocycles. The number of phenolic OH excluding ortho intramolecular Hbond substituents is 2. The fourth-order valence-electron chi connectivity index (χ4n) is 3.50. The fourth-order valence-corrected chi connectivity index (χ4v) is 3.50. The Kier molecular flexibility index (Phi) is 3.60. The van der Waals surface area contributed by atoms with Crippen LogP contribution in [0.3, 0.4) is 0 Å². The quantitative estimate of drug-likeness (QED) is 0.881. The summed E-state index contributed by atoms with van der Waals surface area (Å²) in [7, 11) is 0. The van der Waals surface area contributed by atoms with E-state index in [4.69, 9.17) is 9.47 Å². The molecular weight excluding hydrogens is 304 g/mol. The predicted molar refractivity (Wildman–Crippen MR) is 92.5 cm³/mol. The van der Waals surface area contributed by atoms with Gasteiger partial charge in [0.05, 0.1) is 0 Å². The van der Waals surface area contributed by atoms with Crippen molar-refractivity contribution in [2.75, 3.05) is 6.61 Å². The molecule has 0 aliphatic carbocycles. The average molecular weight is 324 g/mol. The highest BCUT2D eigenvalue weighted by molar-refractivity contribution is 5.99. The fraction of sp³-hybridized carbons (Fsp3) is 0.300. The maximum absolute atomic E-state index is 9.78. The molecule has 4 heteroatoms. The molecule has 2 aliphatic heterocycles. The summed E-state index contributed by atoms with van der Waals surface area (Å²) in [6.07, 6.45) is 2.99. The normalized spacial score (nSPS) is 18.1. The summed E-state index contributed by atoms with van der Waals surface area (Å²) in [6.45, 7) is 2.60. The molecule has 4 rings (SSSR count). The molecule has 124 valence electrons. The van der Waals surface area contributed by atoms with Gasteiger partial charge in [-0.2, -0.15) is 0 Å². The van der Waals surface area contributed by atoms with E-state index in [0.29, 0.717) is 18.1 Å². The van der Waals surface area contributed by atoms with Crippen molar-refractivity contribution in [3.8, 4) is 23.0 Å². The topological polar surface area (TPSA) is 58.9 Å². The Bertz CT molecular complexity index is 822. The van der Waals surface area contributed by atoms with E-state index in [1.807, 2.05) is 12.1 Å². The monoisotopic (exact) mass is 324 g/mol. The first kappa shape index (κ1) is 14.9. The summed E-state index contributed by atoms with van der Waals surface area (Å²) in [5, 5.41) is 19.5. The van der Waals surface area contributed by atoms with Crippen LogP contribution >= 0.6 is 0 Å². The maximum Gasteiger partial charge on any atom is 0.131 e. The van der Waals surface area contributed by atoms with Gasteiger partial charge in [0, 0.05) is 34.4 Å². The largest absolute Gasteiger partial charge is 0.508 e. The maximum atomic E-state index is 9.78. The molecule has 2 aliphatic rings. The van der Waals surface area contributed by atoms with Gasteiger partial charge in [-0.1, -0.05) is 13.3 Å². The van der Waals surface area contributed by atoms with Crippen molar-refractivity contribution in [2.24, 2.45) is 0 Å². The van der Waals surface area contributed by atoms with Crippen LogP contribution in [-0.4, -0.2) is 22.9 Å². The van der Waals surface area contributed by atoms with E-state index in [9.17, 15) is 10.2 Å². The molecule has 2 aromatic carbocycles. The summed E-state index contributed by atoms with van der Waals surface area (Å²) >= 11 is 0. The number of phenols is 2. The highest BCUT2D eigenvalue weighted by Gasteiger charge is 2.34. The molecule has 0 aromatic heterocycles. The van der Waals surface area contributed by atoms with E-state index in [0.717, 1.165) is 41.5 Å². The van der Waals surface area contributed by atoms with Crippen molar-refractivity contribution in [1.29, 1.82) is 0 Å². The molecular formula is C20H20O4. The lowest BCUT2D eigenvalue weighted by molar-refractivity contribution is 0.233. The van der Waals surface area contributed by atoms with E-state index in [1.54, 1.807) is 24.3 Å². The Morgan fingerprint density at radius 3 is 2.46 bits per heavy atom. The Hall–Kier alpha value is -2.62. The molecule has 1 unspecified atom stereocenters. The van der Waals surface area contributed by atoms with Crippen molar-refractivity contribution < 1.29 is 19.7 Å². The van der Waals surface area contributed by atoms with Gasteiger partial charge in [0.2, 0.25) is 0 Å². The van der Waals surface area contributed by atoms with Gasteiger partial charge in [-0.05, 0) is 37.1 Å². The van der Waals surface area contributed by atoms with Crippen LogP contribution < -0.4 is 9.47 Å². The van der Waals surface area contributed by atoms with E-state index in [2.05, 4.69) is 6.92 Å². The van der Waals surface area contributed by atoms with Gasteiger partial charge in [-0.25, -0.2) is 0 Å². The minimum atomic E-state index is -0.0681. The van der Waals surface area contributed by atoms with Crippen LogP contribution in [0.1, 0.15) is 37.3 Å². The Balaban J connectivity index is 1.88. The lowest BCUT2D eigenvalue weighted by Gasteiger charge is -2.35. The molecule has 0 saturated carbocycles. The molecule has 0 radical (unpaired) electrons. The van der Waals surface area contributed by atoms with Crippen molar-refractivity contribution in [1.82, 2.24) is 0 Å². The lowest BCUT2D eigenvalue weighted by atomic mass is 9.85. The minimum absolute atomic E-state index is 0.0681. The van der Waals surface area contributed by atoms with Crippen molar-refractivity contribution in [3.05, 3.63) is 47.5 Å². The summed E-state index contributed by atoms with van der Waals surface area (Å²) in [5.74, 6) is 1.81. The van der Waals surface area contributed by atoms with E-state index < -0.39 is 0 Å². The molecule has 0 bridgehead atoms. The zero-order chi connectivity index (χ0) is 16.7. The number of fused-ring (bicyclic) bond motifs is 4. The molecule has 0 amide bonds. The average Bonchev–Trinajstić information content (AvgIpc) is 2.58. The highest BCUT2D eigenvalue weighted by Crippen LogP contribution is 2.48.